The molecule has 1 fully saturated rings. The summed E-state index contributed by atoms with van der Waals surface area (Å²) in [4.78, 5) is 16.6. The maximum atomic E-state index is 13.0. The lowest BCUT2D eigenvalue weighted by molar-refractivity contribution is 0.0635. The average Bonchev–Trinajstić information content (AvgIpc) is 2.48. The topological polar surface area (TPSA) is 23.6 Å². The van der Waals surface area contributed by atoms with E-state index >= 15 is 0 Å². The van der Waals surface area contributed by atoms with Crippen LogP contribution in [0.15, 0.2) is 18.2 Å². The van der Waals surface area contributed by atoms with Crippen LogP contribution in [0.25, 0.3) is 0 Å². The molecule has 1 aromatic rings. The number of carbonyl (C=O) groups is 1. The number of halogens is 2. The van der Waals surface area contributed by atoms with Gasteiger partial charge in [0.25, 0.3) is 5.91 Å². The predicted molar refractivity (Wildman–Crippen MR) is 83.3 cm³/mol. The molecule has 0 saturated carbocycles. The van der Waals surface area contributed by atoms with Gasteiger partial charge in [-0.1, -0.05) is 31.4 Å². The van der Waals surface area contributed by atoms with Gasteiger partial charge in [0.2, 0.25) is 0 Å². The van der Waals surface area contributed by atoms with Crippen LogP contribution in [0.2, 0.25) is 5.02 Å². The molecule has 1 aliphatic rings. The van der Waals surface area contributed by atoms with Crippen LogP contribution in [-0.4, -0.2) is 48.4 Å². The number of nitrogens with zero attached hydrogens (tertiary/aromatic N) is 2. The standard InChI is InChI=1S/C16H22ClFN2O/c1-2-3-4-7-19-8-10-20(11-9-19)16(21)14-6-5-13(18)12-15(14)17/h5-6,12H,2-4,7-11H2,1H3. The summed E-state index contributed by atoms with van der Waals surface area (Å²) in [6.07, 6.45) is 3.69. The average molecular weight is 313 g/mol. The molecule has 1 aromatic carbocycles. The third-order valence-corrected chi connectivity index (χ3v) is 4.21. The van der Waals surface area contributed by atoms with Crippen LogP contribution in [0.3, 0.4) is 0 Å². The first-order valence-electron chi connectivity index (χ1n) is 7.58. The van der Waals surface area contributed by atoms with Crippen molar-refractivity contribution in [2.75, 3.05) is 32.7 Å². The zero-order chi connectivity index (χ0) is 15.2. The molecule has 1 amide bonds. The first-order valence-corrected chi connectivity index (χ1v) is 7.96. The molecule has 0 N–H and O–H groups in total. The third kappa shape index (κ3) is 4.42. The largest absolute Gasteiger partial charge is 0.336 e. The highest BCUT2D eigenvalue weighted by Crippen LogP contribution is 2.20. The van der Waals surface area contributed by atoms with Gasteiger partial charge in [-0.2, -0.15) is 0 Å². The molecular weight excluding hydrogens is 291 g/mol. The molecule has 0 spiro atoms. The second kappa shape index (κ2) is 7.76. The molecule has 0 atom stereocenters. The van der Waals surface area contributed by atoms with Crippen LogP contribution in [0.5, 0.6) is 0 Å². The van der Waals surface area contributed by atoms with Gasteiger partial charge in [0.15, 0.2) is 0 Å². The quantitative estimate of drug-likeness (QED) is 0.778. The molecular formula is C16H22ClFN2O. The number of unbranched alkanes of at least 4 members (excludes halogenated alkanes) is 2. The van der Waals surface area contributed by atoms with Gasteiger partial charge in [-0.05, 0) is 31.2 Å². The van der Waals surface area contributed by atoms with Gasteiger partial charge in [-0.3, -0.25) is 9.69 Å². The van der Waals surface area contributed by atoms with Gasteiger partial charge in [0.05, 0.1) is 10.6 Å². The van der Waals surface area contributed by atoms with Crippen molar-refractivity contribution in [3.8, 4) is 0 Å². The number of rotatable bonds is 5. The van der Waals surface area contributed by atoms with Gasteiger partial charge >= 0.3 is 0 Å². The first-order chi connectivity index (χ1) is 10.1. The fourth-order valence-electron chi connectivity index (χ4n) is 2.59. The smallest absolute Gasteiger partial charge is 0.255 e. The Bertz CT molecular complexity index is 487. The van der Waals surface area contributed by atoms with E-state index in [2.05, 4.69) is 11.8 Å². The minimum atomic E-state index is -0.419. The van der Waals surface area contributed by atoms with E-state index in [1.54, 1.807) is 4.90 Å². The van der Waals surface area contributed by atoms with Crippen molar-refractivity contribution in [3.63, 3.8) is 0 Å². The summed E-state index contributed by atoms with van der Waals surface area (Å²) in [6, 6.07) is 3.93. The number of piperazine rings is 1. The molecule has 0 aromatic heterocycles. The van der Waals surface area contributed by atoms with E-state index < -0.39 is 5.82 Å². The first kappa shape index (κ1) is 16.2. The summed E-state index contributed by atoms with van der Waals surface area (Å²) in [5.41, 5.74) is 0.387. The molecule has 2 rings (SSSR count). The summed E-state index contributed by atoms with van der Waals surface area (Å²) in [6.45, 7) is 6.51. The van der Waals surface area contributed by atoms with E-state index in [4.69, 9.17) is 11.6 Å². The molecule has 1 heterocycles. The van der Waals surface area contributed by atoms with E-state index in [0.717, 1.165) is 19.6 Å². The van der Waals surface area contributed by atoms with Crippen molar-refractivity contribution in [2.45, 2.75) is 26.2 Å². The number of carbonyl (C=O) groups excluding carboxylic acids is 1. The van der Waals surface area contributed by atoms with Gasteiger partial charge < -0.3 is 4.90 Å². The highest BCUT2D eigenvalue weighted by Gasteiger charge is 2.23. The summed E-state index contributed by atoms with van der Waals surface area (Å²) < 4.78 is 13.0. The molecule has 0 bridgehead atoms. The highest BCUT2D eigenvalue weighted by atomic mass is 35.5. The van der Waals surface area contributed by atoms with Crippen LogP contribution in [0.1, 0.15) is 36.5 Å². The molecule has 1 aliphatic heterocycles. The lowest BCUT2D eigenvalue weighted by atomic mass is 10.1. The minimum Gasteiger partial charge on any atom is -0.336 e. The molecule has 1 saturated heterocycles. The van der Waals surface area contributed by atoms with Crippen LogP contribution >= 0.6 is 11.6 Å². The molecule has 0 aliphatic carbocycles. The van der Waals surface area contributed by atoms with E-state index in [9.17, 15) is 9.18 Å². The zero-order valence-corrected chi connectivity index (χ0v) is 13.2. The highest BCUT2D eigenvalue weighted by molar-refractivity contribution is 6.33. The molecule has 5 heteroatoms. The molecule has 0 radical (unpaired) electrons. The van der Waals surface area contributed by atoms with Crippen molar-refractivity contribution in [3.05, 3.63) is 34.6 Å². The number of benzene rings is 1. The Morgan fingerprint density at radius 2 is 1.95 bits per heavy atom. The predicted octanol–water partition coefficient (Wildman–Crippen LogP) is 3.43. The summed E-state index contributed by atoms with van der Waals surface area (Å²) in [7, 11) is 0. The van der Waals surface area contributed by atoms with Crippen molar-refractivity contribution in [1.82, 2.24) is 9.80 Å². The second-order valence-corrected chi connectivity index (χ2v) is 5.87. The summed E-state index contributed by atoms with van der Waals surface area (Å²) >= 11 is 5.96. The summed E-state index contributed by atoms with van der Waals surface area (Å²) in [5.74, 6) is -0.523. The van der Waals surface area contributed by atoms with Gasteiger partial charge in [0.1, 0.15) is 5.82 Å². The van der Waals surface area contributed by atoms with E-state index in [1.165, 1.54) is 37.5 Å². The van der Waals surface area contributed by atoms with Crippen LogP contribution in [-0.2, 0) is 0 Å². The lowest BCUT2D eigenvalue weighted by Gasteiger charge is -2.34. The Morgan fingerprint density at radius 3 is 2.57 bits per heavy atom. The second-order valence-electron chi connectivity index (χ2n) is 5.47. The van der Waals surface area contributed by atoms with Crippen molar-refractivity contribution in [2.24, 2.45) is 0 Å². The number of hydrogen-bond acceptors (Lipinski definition) is 2. The Balaban J connectivity index is 1.88. The Kier molecular flexibility index (Phi) is 6.00. The number of hydrogen-bond donors (Lipinski definition) is 0. The molecule has 3 nitrogen and oxygen atoms in total. The summed E-state index contributed by atoms with van der Waals surface area (Å²) in [5, 5.41) is 0.186. The van der Waals surface area contributed by atoms with Crippen LogP contribution in [0, 0.1) is 5.82 Å². The van der Waals surface area contributed by atoms with Crippen LogP contribution < -0.4 is 0 Å². The SMILES string of the molecule is CCCCCN1CCN(C(=O)c2ccc(F)cc2Cl)CC1. The third-order valence-electron chi connectivity index (χ3n) is 3.90. The zero-order valence-electron chi connectivity index (χ0n) is 12.4. The maximum Gasteiger partial charge on any atom is 0.255 e. The molecule has 21 heavy (non-hydrogen) atoms. The normalized spacial score (nSPS) is 16.2. The fraction of sp³-hybridized carbons (Fsp3) is 0.562. The van der Waals surface area contributed by atoms with Crippen molar-refractivity contribution >= 4 is 17.5 Å². The molecule has 116 valence electrons. The monoisotopic (exact) mass is 312 g/mol. The lowest BCUT2D eigenvalue weighted by Crippen LogP contribution is -2.48. The van der Waals surface area contributed by atoms with Gasteiger partial charge in [0, 0.05) is 26.2 Å². The Labute approximate surface area is 130 Å². The maximum absolute atomic E-state index is 13.0. The van der Waals surface area contributed by atoms with Gasteiger partial charge in [-0.25, -0.2) is 4.39 Å². The number of amides is 1. The van der Waals surface area contributed by atoms with Crippen molar-refractivity contribution < 1.29 is 9.18 Å². The van der Waals surface area contributed by atoms with Crippen LogP contribution in [0.4, 0.5) is 4.39 Å². The van der Waals surface area contributed by atoms with Crippen molar-refractivity contribution in [1.29, 1.82) is 0 Å². The van der Waals surface area contributed by atoms with E-state index in [1.807, 2.05) is 0 Å². The minimum absolute atomic E-state index is 0.104. The Hall–Kier alpha value is -1.13. The molecule has 0 unspecified atom stereocenters. The van der Waals surface area contributed by atoms with Gasteiger partial charge in [-0.15, -0.1) is 0 Å². The Morgan fingerprint density at radius 1 is 1.24 bits per heavy atom. The van der Waals surface area contributed by atoms with E-state index in [-0.39, 0.29) is 10.9 Å². The van der Waals surface area contributed by atoms with E-state index in [0.29, 0.717) is 18.7 Å². The fourth-order valence-corrected chi connectivity index (χ4v) is 2.84.